The number of nitrogens with zero attached hydrogens (tertiary/aromatic N) is 2. The molecular weight excluding hydrogens is 354 g/mol. The third kappa shape index (κ3) is 5.33. The maximum atomic E-state index is 12.3. The first-order valence-electron chi connectivity index (χ1n) is 9.68. The monoisotopic (exact) mass is 381 g/mol. The number of carbonyl (C=O) groups excluding carboxylic acids is 1. The van der Waals surface area contributed by atoms with E-state index in [9.17, 15) is 4.79 Å². The maximum Gasteiger partial charge on any atom is 0.271 e. The van der Waals surface area contributed by atoms with Gasteiger partial charge in [-0.3, -0.25) is 4.79 Å². The predicted molar refractivity (Wildman–Crippen MR) is 111 cm³/mol. The Morgan fingerprint density at radius 3 is 2.36 bits per heavy atom. The standard InChI is InChI=1S/C22H27N3O3/c1-3-14-28-21-10-6-19(7-11-21)22(26)24-23-17(2)18-4-8-20(9-5-18)25-12-15-27-16-13-25/h4-11H,3,12-16H2,1-2H3,(H,24,26)/b23-17+. The molecule has 0 atom stereocenters. The zero-order valence-electron chi connectivity index (χ0n) is 16.5. The lowest BCUT2D eigenvalue weighted by Crippen LogP contribution is -2.36. The van der Waals surface area contributed by atoms with E-state index in [0.29, 0.717) is 12.2 Å². The van der Waals surface area contributed by atoms with Gasteiger partial charge in [0, 0.05) is 24.3 Å². The first-order valence-corrected chi connectivity index (χ1v) is 9.68. The molecule has 148 valence electrons. The molecule has 3 rings (SSSR count). The van der Waals surface area contributed by atoms with Crippen molar-refractivity contribution in [3.05, 3.63) is 59.7 Å². The van der Waals surface area contributed by atoms with Crippen molar-refractivity contribution in [3.8, 4) is 5.75 Å². The molecule has 2 aromatic carbocycles. The molecule has 0 saturated carbocycles. The zero-order valence-corrected chi connectivity index (χ0v) is 16.5. The zero-order chi connectivity index (χ0) is 19.8. The number of carbonyl (C=O) groups is 1. The number of hydrogen-bond acceptors (Lipinski definition) is 5. The van der Waals surface area contributed by atoms with Crippen LogP contribution in [-0.2, 0) is 4.74 Å². The van der Waals surface area contributed by atoms with Crippen molar-refractivity contribution in [1.29, 1.82) is 0 Å². The molecule has 0 aromatic heterocycles. The van der Waals surface area contributed by atoms with Gasteiger partial charge in [-0.1, -0.05) is 19.1 Å². The largest absolute Gasteiger partial charge is 0.494 e. The predicted octanol–water partition coefficient (Wildman–Crippen LogP) is 3.47. The number of nitrogens with one attached hydrogen (secondary N) is 1. The summed E-state index contributed by atoms with van der Waals surface area (Å²) in [7, 11) is 0. The van der Waals surface area contributed by atoms with E-state index in [0.717, 1.165) is 49.7 Å². The summed E-state index contributed by atoms with van der Waals surface area (Å²) in [6, 6.07) is 15.3. The van der Waals surface area contributed by atoms with Gasteiger partial charge in [-0.05, 0) is 55.3 Å². The summed E-state index contributed by atoms with van der Waals surface area (Å²) >= 11 is 0. The fraction of sp³-hybridized carbons (Fsp3) is 0.364. The van der Waals surface area contributed by atoms with Gasteiger partial charge in [0.1, 0.15) is 5.75 Å². The molecule has 0 aliphatic carbocycles. The Morgan fingerprint density at radius 1 is 1.07 bits per heavy atom. The second-order valence-corrected chi connectivity index (χ2v) is 6.66. The summed E-state index contributed by atoms with van der Waals surface area (Å²) in [5.41, 5.74) is 6.07. The van der Waals surface area contributed by atoms with Crippen molar-refractivity contribution in [2.45, 2.75) is 20.3 Å². The molecule has 1 N–H and O–H groups in total. The Labute approximate surface area is 166 Å². The van der Waals surface area contributed by atoms with Crippen LogP contribution in [0.25, 0.3) is 0 Å². The van der Waals surface area contributed by atoms with E-state index in [1.54, 1.807) is 24.3 Å². The van der Waals surface area contributed by atoms with Crippen molar-refractivity contribution in [3.63, 3.8) is 0 Å². The highest BCUT2D eigenvalue weighted by Gasteiger charge is 2.11. The third-order valence-corrected chi connectivity index (χ3v) is 4.58. The number of amides is 1. The van der Waals surface area contributed by atoms with Crippen LogP contribution < -0.4 is 15.1 Å². The Bertz CT molecular complexity index is 795. The van der Waals surface area contributed by atoms with Crippen LogP contribution >= 0.6 is 0 Å². The van der Waals surface area contributed by atoms with Gasteiger partial charge in [0.25, 0.3) is 5.91 Å². The number of anilines is 1. The van der Waals surface area contributed by atoms with Crippen LogP contribution in [0.3, 0.4) is 0 Å². The molecule has 2 aromatic rings. The molecule has 0 unspecified atom stereocenters. The van der Waals surface area contributed by atoms with E-state index >= 15 is 0 Å². The van der Waals surface area contributed by atoms with Gasteiger partial charge in [-0.2, -0.15) is 5.10 Å². The summed E-state index contributed by atoms with van der Waals surface area (Å²) in [5, 5.41) is 4.24. The van der Waals surface area contributed by atoms with Crippen LogP contribution in [0, 0.1) is 0 Å². The second-order valence-electron chi connectivity index (χ2n) is 6.66. The van der Waals surface area contributed by atoms with E-state index in [1.807, 2.05) is 19.1 Å². The van der Waals surface area contributed by atoms with Crippen LogP contribution in [0.5, 0.6) is 5.75 Å². The van der Waals surface area contributed by atoms with Crippen molar-refractivity contribution >= 4 is 17.3 Å². The van der Waals surface area contributed by atoms with Gasteiger partial charge in [-0.15, -0.1) is 0 Å². The summed E-state index contributed by atoms with van der Waals surface area (Å²) in [6.45, 7) is 7.94. The highest BCUT2D eigenvalue weighted by Crippen LogP contribution is 2.17. The number of benzene rings is 2. The van der Waals surface area contributed by atoms with Gasteiger partial charge in [-0.25, -0.2) is 5.43 Å². The lowest BCUT2D eigenvalue weighted by atomic mass is 10.1. The highest BCUT2D eigenvalue weighted by atomic mass is 16.5. The summed E-state index contributed by atoms with van der Waals surface area (Å²) < 4.78 is 10.9. The molecule has 1 aliphatic rings. The summed E-state index contributed by atoms with van der Waals surface area (Å²) in [6.07, 6.45) is 0.948. The van der Waals surface area contributed by atoms with E-state index in [4.69, 9.17) is 9.47 Å². The average Bonchev–Trinajstić information content (AvgIpc) is 2.77. The minimum Gasteiger partial charge on any atom is -0.494 e. The first kappa shape index (κ1) is 19.9. The smallest absolute Gasteiger partial charge is 0.271 e. The molecule has 1 fully saturated rings. The van der Waals surface area contributed by atoms with Crippen LogP contribution in [0.2, 0.25) is 0 Å². The fourth-order valence-electron chi connectivity index (χ4n) is 2.92. The van der Waals surface area contributed by atoms with Gasteiger partial charge in [0.15, 0.2) is 0 Å². The Balaban J connectivity index is 1.57. The third-order valence-electron chi connectivity index (χ3n) is 4.58. The van der Waals surface area contributed by atoms with Crippen molar-refractivity contribution < 1.29 is 14.3 Å². The van der Waals surface area contributed by atoms with Crippen molar-refractivity contribution in [2.24, 2.45) is 5.10 Å². The molecule has 28 heavy (non-hydrogen) atoms. The molecular formula is C22H27N3O3. The Morgan fingerprint density at radius 2 is 1.71 bits per heavy atom. The summed E-state index contributed by atoms with van der Waals surface area (Å²) in [4.78, 5) is 14.6. The molecule has 0 spiro atoms. The molecule has 1 heterocycles. The summed E-state index contributed by atoms with van der Waals surface area (Å²) in [5.74, 6) is 0.518. The Kier molecular flexibility index (Phi) is 7.03. The maximum absolute atomic E-state index is 12.3. The molecule has 6 nitrogen and oxygen atoms in total. The van der Waals surface area contributed by atoms with E-state index < -0.39 is 0 Å². The number of hydrazone groups is 1. The topological polar surface area (TPSA) is 63.2 Å². The highest BCUT2D eigenvalue weighted by molar-refractivity contribution is 6.01. The van der Waals surface area contributed by atoms with Gasteiger partial charge in [0.05, 0.1) is 25.5 Å². The molecule has 6 heteroatoms. The number of morpholine rings is 1. The van der Waals surface area contributed by atoms with E-state index in [2.05, 4.69) is 34.5 Å². The van der Waals surface area contributed by atoms with Crippen LogP contribution in [0.1, 0.15) is 36.2 Å². The molecule has 0 bridgehead atoms. The van der Waals surface area contributed by atoms with Crippen LogP contribution in [-0.4, -0.2) is 44.5 Å². The average molecular weight is 381 g/mol. The van der Waals surface area contributed by atoms with Gasteiger partial charge in [0.2, 0.25) is 0 Å². The molecule has 1 amide bonds. The van der Waals surface area contributed by atoms with Crippen LogP contribution in [0.4, 0.5) is 5.69 Å². The molecule has 1 saturated heterocycles. The lowest BCUT2D eigenvalue weighted by molar-refractivity contribution is 0.0955. The minimum absolute atomic E-state index is 0.244. The minimum atomic E-state index is -0.244. The van der Waals surface area contributed by atoms with E-state index in [1.165, 1.54) is 5.69 Å². The van der Waals surface area contributed by atoms with Crippen LogP contribution in [0.15, 0.2) is 53.6 Å². The van der Waals surface area contributed by atoms with Crippen molar-refractivity contribution in [2.75, 3.05) is 37.8 Å². The lowest BCUT2D eigenvalue weighted by Gasteiger charge is -2.28. The Hall–Kier alpha value is -2.86. The number of rotatable bonds is 7. The van der Waals surface area contributed by atoms with Gasteiger partial charge >= 0.3 is 0 Å². The van der Waals surface area contributed by atoms with Crippen molar-refractivity contribution in [1.82, 2.24) is 5.43 Å². The van der Waals surface area contributed by atoms with Gasteiger partial charge < -0.3 is 14.4 Å². The first-order chi connectivity index (χ1) is 13.7. The second kappa shape index (κ2) is 9.90. The SMILES string of the molecule is CCCOc1ccc(C(=O)N/N=C(\C)c2ccc(N3CCOCC3)cc2)cc1. The van der Waals surface area contributed by atoms with E-state index in [-0.39, 0.29) is 5.91 Å². The normalized spacial score (nSPS) is 14.6. The number of hydrogen-bond donors (Lipinski definition) is 1. The number of ether oxygens (including phenoxy) is 2. The molecule has 0 radical (unpaired) electrons. The fourth-order valence-corrected chi connectivity index (χ4v) is 2.92. The molecule has 1 aliphatic heterocycles. The quantitative estimate of drug-likeness (QED) is 0.589.